The van der Waals surface area contributed by atoms with Crippen LogP contribution >= 0.6 is 24.0 Å². The van der Waals surface area contributed by atoms with Crippen molar-refractivity contribution >= 4 is 35.8 Å². The van der Waals surface area contributed by atoms with Crippen molar-refractivity contribution in [1.82, 2.24) is 20.6 Å². The third kappa shape index (κ3) is 5.95. The van der Waals surface area contributed by atoms with E-state index in [9.17, 15) is 0 Å². The Labute approximate surface area is 182 Å². The van der Waals surface area contributed by atoms with E-state index in [1.807, 2.05) is 67.7 Å². The Kier molecular flexibility index (Phi) is 8.24. The molecule has 7 nitrogen and oxygen atoms in total. The van der Waals surface area contributed by atoms with Crippen LogP contribution in [0.3, 0.4) is 0 Å². The lowest BCUT2D eigenvalue weighted by Gasteiger charge is -2.14. The van der Waals surface area contributed by atoms with Crippen LogP contribution in [0.4, 0.5) is 5.82 Å². The van der Waals surface area contributed by atoms with Gasteiger partial charge in [-0.15, -0.1) is 24.0 Å². The van der Waals surface area contributed by atoms with Crippen molar-refractivity contribution in [2.75, 3.05) is 26.0 Å². The molecule has 0 spiro atoms. The van der Waals surface area contributed by atoms with Gasteiger partial charge in [0.2, 0.25) is 5.89 Å². The fourth-order valence-corrected chi connectivity index (χ4v) is 2.50. The third-order valence-electron chi connectivity index (χ3n) is 3.96. The number of hydrogen-bond acceptors (Lipinski definition) is 5. The molecule has 3 rings (SSSR count). The van der Waals surface area contributed by atoms with E-state index >= 15 is 0 Å². The molecule has 0 amide bonds. The van der Waals surface area contributed by atoms with Crippen LogP contribution in [-0.4, -0.2) is 37.1 Å². The van der Waals surface area contributed by atoms with Crippen molar-refractivity contribution in [2.24, 2.45) is 4.99 Å². The van der Waals surface area contributed by atoms with E-state index in [1.54, 1.807) is 13.3 Å². The monoisotopic (exact) mass is 492 g/mol. The summed E-state index contributed by atoms with van der Waals surface area (Å²) in [4.78, 5) is 15.1. The van der Waals surface area contributed by atoms with Gasteiger partial charge in [0.05, 0.1) is 12.2 Å². The van der Waals surface area contributed by atoms with Gasteiger partial charge in [0.15, 0.2) is 5.96 Å². The van der Waals surface area contributed by atoms with E-state index in [0.29, 0.717) is 24.9 Å². The SMILES string of the molecule is CN=C(NCc1ccnc(N(C)C)c1)NCc1coc(-c2ccccc2)n1.I. The van der Waals surface area contributed by atoms with E-state index in [2.05, 4.69) is 25.6 Å². The van der Waals surface area contributed by atoms with Gasteiger partial charge in [-0.3, -0.25) is 4.99 Å². The molecule has 2 aromatic heterocycles. The minimum Gasteiger partial charge on any atom is -0.444 e. The van der Waals surface area contributed by atoms with Gasteiger partial charge in [-0.25, -0.2) is 9.97 Å². The van der Waals surface area contributed by atoms with Crippen LogP contribution in [0.15, 0.2) is 64.3 Å². The Morgan fingerprint density at radius 3 is 2.57 bits per heavy atom. The molecule has 3 aromatic rings. The fraction of sp³-hybridized carbons (Fsp3) is 0.250. The number of anilines is 1. The molecule has 0 aliphatic heterocycles. The predicted octanol–water partition coefficient (Wildman–Crippen LogP) is 3.29. The summed E-state index contributed by atoms with van der Waals surface area (Å²) in [6.07, 6.45) is 3.47. The summed E-state index contributed by atoms with van der Waals surface area (Å²) in [6, 6.07) is 13.9. The molecule has 0 aliphatic rings. The van der Waals surface area contributed by atoms with Crippen LogP contribution in [0.5, 0.6) is 0 Å². The highest BCUT2D eigenvalue weighted by molar-refractivity contribution is 14.0. The summed E-state index contributed by atoms with van der Waals surface area (Å²) >= 11 is 0. The number of nitrogens with zero attached hydrogens (tertiary/aromatic N) is 4. The molecular formula is C20H25IN6O. The first-order valence-electron chi connectivity index (χ1n) is 8.72. The molecule has 1 aromatic carbocycles. The van der Waals surface area contributed by atoms with E-state index in [4.69, 9.17) is 4.42 Å². The van der Waals surface area contributed by atoms with Crippen molar-refractivity contribution < 1.29 is 4.42 Å². The standard InChI is InChI=1S/C20H24N6O.HI/c1-21-20(23-12-15-9-10-22-18(11-15)26(2)3)24-13-17-14-27-19(25-17)16-7-5-4-6-8-16;/h4-11,14H,12-13H2,1-3H3,(H2,21,23,24);1H. The maximum Gasteiger partial charge on any atom is 0.226 e. The highest BCUT2D eigenvalue weighted by Gasteiger charge is 2.07. The first-order valence-corrected chi connectivity index (χ1v) is 8.72. The molecular weight excluding hydrogens is 467 g/mol. The highest BCUT2D eigenvalue weighted by atomic mass is 127. The zero-order valence-corrected chi connectivity index (χ0v) is 18.5. The van der Waals surface area contributed by atoms with Gasteiger partial charge in [-0.2, -0.15) is 0 Å². The number of rotatable bonds is 6. The van der Waals surface area contributed by atoms with Gasteiger partial charge in [0, 0.05) is 39.4 Å². The van der Waals surface area contributed by atoms with Gasteiger partial charge >= 0.3 is 0 Å². The van der Waals surface area contributed by atoms with Crippen LogP contribution in [-0.2, 0) is 13.1 Å². The quantitative estimate of drug-likeness (QED) is 0.313. The number of guanidine groups is 1. The smallest absolute Gasteiger partial charge is 0.226 e. The van der Waals surface area contributed by atoms with Crippen molar-refractivity contribution in [2.45, 2.75) is 13.1 Å². The number of halogens is 1. The number of hydrogen-bond donors (Lipinski definition) is 2. The second-order valence-electron chi connectivity index (χ2n) is 6.21. The molecule has 0 atom stereocenters. The Bertz CT molecular complexity index is 894. The molecule has 8 heteroatoms. The average Bonchev–Trinajstić information content (AvgIpc) is 3.18. The van der Waals surface area contributed by atoms with E-state index in [0.717, 1.165) is 22.6 Å². The Morgan fingerprint density at radius 1 is 1.11 bits per heavy atom. The highest BCUT2D eigenvalue weighted by Crippen LogP contribution is 2.17. The van der Waals surface area contributed by atoms with Gasteiger partial charge < -0.3 is 20.0 Å². The minimum absolute atomic E-state index is 0. The Hall–Kier alpha value is -2.62. The molecule has 148 valence electrons. The maximum atomic E-state index is 5.56. The fourth-order valence-electron chi connectivity index (χ4n) is 2.50. The van der Waals surface area contributed by atoms with Gasteiger partial charge in [-0.1, -0.05) is 18.2 Å². The minimum atomic E-state index is 0. The van der Waals surface area contributed by atoms with Crippen molar-refractivity contribution in [3.05, 3.63) is 66.2 Å². The van der Waals surface area contributed by atoms with E-state index in [1.165, 1.54) is 0 Å². The van der Waals surface area contributed by atoms with Crippen LogP contribution in [0.25, 0.3) is 11.5 Å². The average molecular weight is 492 g/mol. The summed E-state index contributed by atoms with van der Waals surface area (Å²) in [6.45, 7) is 1.17. The zero-order chi connectivity index (χ0) is 19.1. The van der Waals surface area contributed by atoms with Crippen LogP contribution in [0, 0.1) is 0 Å². The number of nitrogens with one attached hydrogen (secondary N) is 2. The first kappa shape index (κ1) is 21.7. The second-order valence-corrected chi connectivity index (χ2v) is 6.21. The summed E-state index contributed by atoms with van der Waals surface area (Å²) < 4.78 is 5.56. The van der Waals surface area contributed by atoms with Crippen molar-refractivity contribution in [1.29, 1.82) is 0 Å². The topological polar surface area (TPSA) is 78.6 Å². The molecule has 0 unspecified atom stereocenters. The van der Waals surface area contributed by atoms with E-state index < -0.39 is 0 Å². The Balaban J connectivity index is 0.00000280. The van der Waals surface area contributed by atoms with Crippen LogP contribution < -0.4 is 15.5 Å². The maximum absolute atomic E-state index is 5.56. The number of pyridine rings is 1. The number of aromatic nitrogens is 2. The number of aliphatic imine (C=N–C) groups is 1. The molecule has 0 radical (unpaired) electrons. The zero-order valence-electron chi connectivity index (χ0n) is 16.2. The van der Waals surface area contributed by atoms with Crippen molar-refractivity contribution in [3.63, 3.8) is 0 Å². The van der Waals surface area contributed by atoms with Gasteiger partial charge in [-0.05, 0) is 29.8 Å². The van der Waals surface area contributed by atoms with Crippen molar-refractivity contribution in [3.8, 4) is 11.5 Å². The van der Waals surface area contributed by atoms with Gasteiger partial charge in [0.1, 0.15) is 12.1 Å². The molecule has 0 aliphatic carbocycles. The first-order chi connectivity index (χ1) is 13.2. The third-order valence-corrected chi connectivity index (χ3v) is 3.96. The summed E-state index contributed by atoms with van der Waals surface area (Å²) in [7, 11) is 5.69. The normalized spacial score (nSPS) is 10.9. The molecule has 2 heterocycles. The largest absolute Gasteiger partial charge is 0.444 e. The Morgan fingerprint density at radius 2 is 1.86 bits per heavy atom. The lowest BCUT2D eigenvalue weighted by molar-refractivity contribution is 0.572. The summed E-state index contributed by atoms with van der Waals surface area (Å²) in [5.74, 6) is 2.24. The van der Waals surface area contributed by atoms with Crippen LogP contribution in [0.2, 0.25) is 0 Å². The predicted molar refractivity (Wildman–Crippen MR) is 123 cm³/mol. The lowest BCUT2D eigenvalue weighted by atomic mass is 10.2. The number of benzene rings is 1. The summed E-state index contributed by atoms with van der Waals surface area (Å²) in [5, 5.41) is 6.54. The van der Waals surface area contributed by atoms with E-state index in [-0.39, 0.29) is 24.0 Å². The lowest BCUT2D eigenvalue weighted by Crippen LogP contribution is -2.36. The molecule has 2 N–H and O–H groups in total. The van der Waals surface area contributed by atoms with Gasteiger partial charge in [0.25, 0.3) is 0 Å². The molecule has 28 heavy (non-hydrogen) atoms. The molecule has 0 saturated heterocycles. The van der Waals surface area contributed by atoms with Crippen LogP contribution in [0.1, 0.15) is 11.3 Å². The second kappa shape index (κ2) is 10.6. The summed E-state index contributed by atoms with van der Waals surface area (Å²) in [5.41, 5.74) is 2.90. The molecule has 0 bridgehead atoms. The molecule has 0 saturated carbocycles. The molecule has 0 fully saturated rings. The number of oxazole rings is 1.